The van der Waals surface area contributed by atoms with Gasteiger partial charge in [-0.1, -0.05) is 18.2 Å². The van der Waals surface area contributed by atoms with Crippen LogP contribution < -0.4 is 9.64 Å². The number of amides is 1. The monoisotopic (exact) mass is 372 g/mol. The zero-order valence-electron chi connectivity index (χ0n) is 15.3. The van der Waals surface area contributed by atoms with Crippen LogP contribution in [0, 0.1) is 18.3 Å². The van der Waals surface area contributed by atoms with E-state index in [1.165, 1.54) is 18.1 Å². The van der Waals surface area contributed by atoms with Crippen molar-refractivity contribution in [2.75, 3.05) is 12.0 Å². The van der Waals surface area contributed by atoms with Crippen LogP contribution in [0.15, 0.2) is 42.5 Å². The van der Waals surface area contributed by atoms with Gasteiger partial charge in [0.25, 0.3) is 0 Å². The summed E-state index contributed by atoms with van der Waals surface area (Å²) in [7, 11) is 1.46. The summed E-state index contributed by atoms with van der Waals surface area (Å²) < 4.78 is 5.06. The fourth-order valence-corrected chi connectivity index (χ4v) is 3.28. The number of nitrogens with zero attached hydrogens (tertiary/aromatic N) is 4. The van der Waals surface area contributed by atoms with Gasteiger partial charge in [0.15, 0.2) is 17.3 Å². The SMILES string of the molecule is COc1ccc(-c2nc(C#N)c3c(n2)N(c2ccccc2C)C(=O)C3)cc1O. The Balaban J connectivity index is 1.90. The summed E-state index contributed by atoms with van der Waals surface area (Å²) in [5.41, 5.74) is 2.82. The van der Waals surface area contributed by atoms with Crippen molar-refractivity contribution in [2.24, 2.45) is 0 Å². The number of benzene rings is 2. The van der Waals surface area contributed by atoms with Crippen molar-refractivity contribution < 1.29 is 14.6 Å². The number of hydrogen-bond donors (Lipinski definition) is 1. The third-order valence-electron chi connectivity index (χ3n) is 4.67. The number of carbonyl (C=O) groups excluding carboxylic acids is 1. The number of fused-ring (bicyclic) bond motifs is 1. The van der Waals surface area contributed by atoms with E-state index >= 15 is 0 Å². The zero-order valence-corrected chi connectivity index (χ0v) is 15.3. The molecule has 1 aliphatic rings. The molecule has 138 valence electrons. The third-order valence-corrected chi connectivity index (χ3v) is 4.67. The highest BCUT2D eigenvalue weighted by Crippen LogP contribution is 2.38. The van der Waals surface area contributed by atoms with Crippen LogP contribution in [-0.4, -0.2) is 28.1 Å². The molecule has 0 fully saturated rings. The Hall–Kier alpha value is -3.92. The first-order chi connectivity index (χ1) is 13.5. The van der Waals surface area contributed by atoms with Gasteiger partial charge in [-0.15, -0.1) is 0 Å². The Morgan fingerprint density at radius 3 is 2.68 bits per heavy atom. The lowest BCUT2D eigenvalue weighted by Crippen LogP contribution is -2.22. The van der Waals surface area contributed by atoms with Crippen molar-refractivity contribution in [3.8, 4) is 29.0 Å². The minimum Gasteiger partial charge on any atom is -0.504 e. The van der Waals surface area contributed by atoms with Gasteiger partial charge in [-0.3, -0.25) is 9.69 Å². The highest BCUT2D eigenvalue weighted by Gasteiger charge is 2.34. The van der Waals surface area contributed by atoms with E-state index in [0.717, 1.165) is 11.3 Å². The fraction of sp³-hybridized carbons (Fsp3) is 0.143. The van der Waals surface area contributed by atoms with E-state index < -0.39 is 0 Å². The summed E-state index contributed by atoms with van der Waals surface area (Å²) >= 11 is 0. The molecule has 0 radical (unpaired) electrons. The molecule has 4 rings (SSSR count). The number of aromatic hydroxyl groups is 1. The summed E-state index contributed by atoms with van der Waals surface area (Å²) in [4.78, 5) is 23.1. The largest absolute Gasteiger partial charge is 0.504 e. The van der Waals surface area contributed by atoms with Crippen LogP contribution in [0.3, 0.4) is 0 Å². The smallest absolute Gasteiger partial charge is 0.237 e. The van der Waals surface area contributed by atoms with Gasteiger partial charge in [-0.25, -0.2) is 9.97 Å². The molecule has 28 heavy (non-hydrogen) atoms. The van der Waals surface area contributed by atoms with Gasteiger partial charge in [0.05, 0.1) is 19.2 Å². The molecule has 0 bridgehead atoms. The average Bonchev–Trinajstić information content (AvgIpc) is 3.03. The minimum absolute atomic E-state index is 0.0607. The van der Waals surface area contributed by atoms with Gasteiger partial charge in [-0.05, 0) is 36.8 Å². The lowest BCUT2D eigenvalue weighted by atomic mass is 10.1. The molecule has 1 aliphatic heterocycles. The van der Waals surface area contributed by atoms with Crippen LogP contribution in [-0.2, 0) is 11.2 Å². The van der Waals surface area contributed by atoms with E-state index in [0.29, 0.717) is 22.7 Å². The molecular formula is C21H16N4O3. The Bertz CT molecular complexity index is 1150. The first-order valence-electron chi connectivity index (χ1n) is 8.60. The van der Waals surface area contributed by atoms with Crippen molar-refractivity contribution in [3.63, 3.8) is 0 Å². The van der Waals surface area contributed by atoms with Crippen LogP contribution >= 0.6 is 0 Å². The first kappa shape index (κ1) is 17.5. The number of aryl methyl sites for hydroxylation is 1. The summed E-state index contributed by atoms with van der Waals surface area (Å²) in [5.74, 6) is 0.749. The number of nitriles is 1. The van der Waals surface area contributed by atoms with E-state index in [1.807, 2.05) is 31.2 Å². The van der Waals surface area contributed by atoms with Crippen molar-refractivity contribution in [3.05, 3.63) is 59.3 Å². The standard InChI is InChI=1S/C21H16N4O3/c1-12-5-3-4-6-16(12)25-19(27)10-14-15(11-22)23-20(24-21(14)25)13-7-8-18(28-2)17(26)9-13/h3-9,26H,10H2,1-2H3. The number of para-hydroxylation sites is 1. The molecule has 0 atom stereocenters. The van der Waals surface area contributed by atoms with Gasteiger partial charge < -0.3 is 9.84 Å². The highest BCUT2D eigenvalue weighted by atomic mass is 16.5. The maximum atomic E-state index is 12.7. The van der Waals surface area contributed by atoms with Gasteiger partial charge in [0, 0.05) is 11.1 Å². The van der Waals surface area contributed by atoms with Gasteiger partial charge in [0.2, 0.25) is 5.91 Å². The molecular weight excluding hydrogens is 356 g/mol. The summed E-state index contributed by atoms with van der Waals surface area (Å²) in [5, 5.41) is 19.6. The number of carbonyl (C=O) groups is 1. The van der Waals surface area contributed by atoms with Crippen LogP contribution in [0.1, 0.15) is 16.8 Å². The molecule has 2 heterocycles. The summed E-state index contributed by atoms with van der Waals surface area (Å²) in [6.45, 7) is 1.91. The lowest BCUT2D eigenvalue weighted by Gasteiger charge is -2.19. The van der Waals surface area contributed by atoms with Crippen molar-refractivity contribution >= 4 is 17.4 Å². The second kappa shape index (κ2) is 6.67. The molecule has 1 amide bonds. The summed E-state index contributed by atoms with van der Waals surface area (Å²) in [6.07, 6.45) is 0.0701. The van der Waals surface area contributed by atoms with Gasteiger partial charge >= 0.3 is 0 Å². The molecule has 0 aliphatic carbocycles. The average molecular weight is 372 g/mol. The summed E-state index contributed by atoms with van der Waals surface area (Å²) in [6, 6.07) is 14.3. The molecule has 1 N–H and O–H groups in total. The number of hydrogen-bond acceptors (Lipinski definition) is 6. The van der Waals surface area contributed by atoms with Crippen molar-refractivity contribution in [1.82, 2.24) is 9.97 Å². The second-order valence-corrected chi connectivity index (χ2v) is 6.39. The molecule has 0 unspecified atom stereocenters. The number of ether oxygens (including phenoxy) is 1. The predicted molar refractivity (Wildman–Crippen MR) is 102 cm³/mol. The van der Waals surface area contributed by atoms with Crippen molar-refractivity contribution in [2.45, 2.75) is 13.3 Å². The molecule has 2 aromatic carbocycles. The normalized spacial score (nSPS) is 12.6. The Morgan fingerprint density at radius 1 is 1.21 bits per heavy atom. The first-order valence-corrected chi connectivity index (χ1v) is 8.60. The van der Waals surface area contributed by atoms with Crippen molar-refractivity contribution in [1.29, 1.82) is 5.26 Å². The molecule has 7 nitrogen and oxygen atoms in total. The Labute approximate surface area is 161 Å². The number of methoxy groups -OCH3 is 1. The van der Waals surface area contributed by atoms with E-state index in [1.54, 1.807) is 12.1 Å². The minimum atomic E-state index is -0.162. The second-order valence-electron chi connectivity index (χ2n) is 6.39. The molecule has 0 saturated carbocycles. The molecule has 7 heteroatoms. The van der Waals surface area contributed by atoms with Gasteiger partial charge in [-0.2, -0.15) is 5.26 Å². The number of rotatable bonds is 3. The van der Waals surface area contributed by atoms with E-state index in [9.17, 15) is 15.2 Å². The maximum Gasteiger partial charge on any atom is 0.237 e. The van der Waals surface area contributed by atoms with Crippen LogP contribution in [0.2, 0.25) is 0 Å². The number of aromatic nitrogens is 2. The number of anilines is 2. The van der Waals surface area contributed by atoms with Crippen LogP contribution in [0.4, 0.5) is 11.5 Å². The lowest BCUT2D eigenvalue weighted by molar-refractivity contribution is -0.116. The van der Waals surface area contributed by atoms with E-state index in [-0.39, 0.29) is 29.6 Å². The molecule has 0 spiro atoms. The third kappa shape index (κ3) is 2.72. The van der Waals surface area contributed by atoms with E-state index in [4.69, 9.17) is 4.74 Å². The van der Waals surface area contributed by atoms with Gasteiger partial charge in [0.1, 0.15) is 17.6 Å². The van der Waals surface area contributed by atoms with Crippen LogP contribution in [0.5, 0.6) is 11.5 Å². The molecule has 3 aromatic rings. The van der Waals surface area contributed by atoms with E-state index in [2.05, 4.69) is 16.0 Å². The molecule has 1 aromatic heterocycles. The number of phenols is 1. The fourth-order valence-electron chi connectivity index (χ4n) is 3.28. The predicted octanol–water partition coefficient (Wildman–Crippen LogP) is 3.26. The molecule has 0 saturated heterocycles. The topological polar surface area (TPSA) is 99.3 Å². The quantitative estimate of drug-likeness (QED) is 0.758. The Kier molecular flexibility index (Phi) is 4.17. The Morgan fingerprint density at radius 2 is 2.00 bits per heavy atom. The highest BCUT2D eigenvalue weighted by molar-refractivity contribution is 6.07. The maximum absolute atomic E-state index is 12.7. The number of phenolic OH excluding ortho intramolecular Hbond substituents is 1. The van der Waals surface area contributed by atoms with Crippen LogP contribution in [0.25, 0.3) is 11.4 Å². The zero-order chi connectivity index (χ0) is 19.8.